The summed E-state index contributed by atoms with van der Waals surface area (Å²) in [5.41, 5.74) is 3.55. The fraction of sp³-hybridized carbons (Fsp3) is 0.0714. The molecule has 1 aliphatic rings. The number of fused-ring (bicyclic) bond motifs is 1. The van der Waals surface area contributed by atoms with Gasteiger partial charge in [0.2, 0.25) is 6.79 Å². The fourth-order valence-corrected chi connectivity index (χ4v) is 1.71. The second-order valence-corrected chi connectivity index (χ2v) is 4.02. The molecule has 2 heterocycles. The minimum Gasteiger partial charge on any atom is -0.454 e. The Kier molecular flexibility index (Phi) is 3.28. The number of amides is 1. The number of carbonyl (C=O) groups excluding carboxylic acids is 1. The van der Waals surface area contributed by atoms with Crippen LogP contribution in [0.5, 0.6) is 11.5 Å². The van der Waals surface area contributed by atoms with Crippen molar-refractivity contribution in [3.05, 3.63) is 53.9 Å². The van der Waals surface area contributed by atoms with Crippen molar-refractivity contribution in [1.29, 1.82) is 0 Å². The average molecular weight is 269 g/mol. The van der Waals surface area contributed by atoms with Gasteiger partial charge in [0, 0.05) is 11.8 Å². The van der Waals surface area contributed by atoms with E-state index in [0.717, 1.165) is 0 Å². The number of nitrogens with one attached hydrogen (secondary N) is 1. The van der Waals surface area contributed by atoms with Crippen molar-refractivity contribution in [3.63, 3.8) is 0 Å². The molecule has 0 fully saturated rings. The van der Waals surface area contributed by atoms with Gasteiger partial charge >= 0.3 is 0 Å². The lowest BCUT2D eigenvalue weighted by molar-refractivity contribution is 0.0954. The molecule has 1 aliphatic heterocycles. The Balaban J connectivity index is 1.66. The summed E-state index contributed by atoms with van der Waals surface area (Å²) < 4.78 is 10.4. The molecule has 0 unspecified atom stereocenters. The zero-order chi connectivity index (χ0) is 13.8. The molecule has 2 aromatic rings. The van der Waals surface area contributed by atoms with Gasteiger partial charge in [0.1, 0.15) is 0 Å². The number of benzene rings is 1. The van der Waals surface area contributed by atoms with Gasteiger partial charge in [-0.1, -0.05) is 6.07 Å². The van der Waals surface area contributed by atoms with Crippen LogP contribution in [0.25, 0.3) is 0 Å². The third kappa shape index (κ3) is 2.59. The molecule has 1 amide bonds. The van der Waals surface area contributed by atoms with E-state index in [1.54, 1.807) is 30.5 Å². The van der Waals surface area contributed by atoms with Crippen molar-refractivity contribution in [2.24, 2.45) is 5.10 Å². The van der Waals surface area contributed by atoms with E-state index in [2.05, 4.69) is 15.5 Å². The van der Waals surface area contributed by atoms with E-state index in [1.807, 2.05) is 12.1 Å². The highest BCUT2D eigenvalue weighted by molar-refractivity contribution is 5.95. The van der Waals surface area contributed by atoms with E-state index in [9.17, 15) is 4.79 Å². The summed E-state index contributed by atoms with van der Waals surface area (Å²) in [6.07, 6.45) is 3.13. The van der Waals surface area contributed by atoms with Crippen molar-refractivity contribution in [3.8, 4) is 11.5 Å². The molecule has 100 valence electrons. The summed E-state index contributed by atoms with van der Waals surface area (Å²) in [6, 6.07) is 10.4. The number of hydrogen-bond acceptors (Lipinski definition) is 5. The Labute approximate surface area is 115 Å². The Hall–Kier alpha value is -2.89. The molecule has 0 saturated carbocycles. The third-order valence-electron chi connectivity index (χ3n) is 2.69. The molecular formula is C14H11N3O3. The maximum atomic E-state index is 11.9. The number of hydrogen-bond donors (Lipinski definition) is 1. The van der Waals surface area contributed by atoms with Crippen LogP contribution in [0, 0.1) is 0 Å². The molecule has 1 N–H and O–H groups in total. The first kappa shape index (κ1) is 12.2. The van der Waals surface area contributed by atoms with Crippen molar-refractivity contribution in [2.75, 3.05) is 6.79 Å². The quantitative estimate of drug-likeness (QED) is 0.678. The molecule has 6 nitrogen and oxygen atoms in total. The minimum absolute atomic E-state index is 0.179. The normalized spacial score (nSPS) is 12.6. The van der Waals surface area contributed by atoms with Crippen LogP contribution in [-0.4, -0.2) is 23.9 Å². The SMILES string of the molecule is O=C(NN=Cc1ccccn1)c1ccc2c(c1)OCO2. The molecule has 0 atom stereocenters. The van der Waals surface area contributed by atoms with Gasteiger partial charge in [0.25, 0.3) is 5.91 Å². The van der Waals surface area contributed by atoms with Crippen LogP contribution in [0.4, 0.5) is 0 Å². The number of hydrazone groups is 1. The maximum Gasteiger partial charge on any atom is 0.271 e. The van der Waals surface area contributed by atoms with Crippen LogP contribution in [0.15, 0.2) is 47.7 Å². The van der Waals surface area contributed by atoms with E-state index in [4.69, 9.17) is 9.47 Å². The van der Waals surface area contributed by atoms with Crippen molar-refractivity contribution >= 4 is 12.1 Å². The summed E-state index contributed by atoms with van der Waals surface area (Å²) in [5, 5.41) is 3.85. The first-order valence-corrected chi connectivity index (χ1v) is 5.97. The second kappa shape index (κ2) is 5.40. The van der Waals surface area contributed by atoms with Crippen molar-refractivity contribution in [2.45, 2.75) is 0 Å². The minimum atomic E-state index is -0.324. The number of nitrogens with zero attached hydrogens (tertiary/aromatic N) is 2. The molecule has 1 aromatic carbocycles. The molecule has 0 saturated heterocycles. The predicted molar refractivity (Wildman–Crippen MR) is 71.9 cm³/mol. The standard InChI is InChI=1S/C14H11N3O3/c18-14(17-16-8-11-3-1-2-6-15-11)10-4-5-12-13(7-10)20-9-19-12/h1-8H,9H2,(H,17,18). The highest BCUT2D eigenvalue weighted by Crippen LogP contribution is 2.32. The van der Waals surface area contributed by atoms with E-state index in [1.165, 1.54) is 6.21 Å². The first-order valence-electron chi connectivity index (χ1n) is 5.97. The van der Waals surface area contributed by atoms with Crippen LogP contribution in [-0.2, 0) is 0 Å². The molecular weight excluding hydrogens is 258 g/mol. The van der Waals surface area contributed by atoms with Gasteiger partial charge in [-0.05, 0) is 30.3 Å². The number of ether oxygens (including phenoxy) is 2. The van der Waals surface area contributed by atoms with Crippen LogP contribution in [0.3, 0.4) is 0 Å². The molecule has 1 aromatic heterocycles. The summed E-state index contributed by atoms with van der Waals surface area (Å²) >= 11 is 0. The zero-order valence-electron chi connectivity index (χ0n) is 10.4. The van der Waals surface area contributed by atoms with Gasteiger partial charge in [-0.3, -0.25) is 9.78 Å². The summed E-state index contributed by atoms with van der Waals surface area (Å²) in [5.74, 6) is 0.875. The molecule has 6 heteroatoms. The monoisotopic (exact) mass is 269 g/mol. The van der Waals surface area contributed by atoms with Crippen LogP contribution in [0.1, 0.15) is 16.1 Å². The van der Waals surface area contributed by atoms with Gasteiger partial charge in [-0.15, -0.1) is 0 Å². The molecule has 0 spiro atoms. The van der Waals surface area contributed by atoms with E-state index in [0.29, 0.717) is 22.8 Å². The van der Waals surface area contributed by atoms with Gasteiger partial charge in [0.15, 0.2) is 11.5 Å². The fourth-order valence-electron chi connectivity index (χ4n) is 1.71. The average Bonchev–Trinajstić information content (AvgIpc) is 2.95. The number of carbonyl (C=O) groups is 1. The summed E-state index contributed by atoms with van der Waals surface area (Å²) in [4.78, 5) is 16.0. The lowest BCUT2D eigenvalue weighted by atomic mass is 10.2. The summed E-state index contributed by atoms with van der Waals surface area (Å²) in [7, 11) is 0. The van der Waals surface area contributed by atoms with Crippen LogP contribution < -0.4 is 14.9 Å². The molecule has 20 heavy (non-hydrogen) atoms. The second-order valence-electron chi connectivity index (χ2n) is 4.02. The highest BCUT2D eigenvalue weighted by Gasteiger charge is 2.15. The largest absolute Gasteiger partial charge is 0.454 e. The number of aromatic nitrogens is 1. The Morgan fingerprint density at radius 3 is 3.00 bits per heavy atom. The molecule has 3 rings (SSSR count). The Morgan fingerprint density at radius 2 is 2.15 bits per heavy atom. The molecule has 0 bridgehead atoms. The lowest BCUT2D eigenvalue weighted by Gasteiger charge is -2.01. The maximum absolute atomic E-state index is 11.9. The van der Waals surface area contributed by atoms with Crippen LogP contribution in [0.2, 0.25) is 0 Å². The van der Waals surface area contributed by atoms with Crippen molar-refractivity contribution < 1.29 is 14.3 Å². The predicted octanol–water partition coefficient (Wildman–Crippen LogP) is 1.57. The van der Waals surface area contributed by atoms with Gasteiger partial charge in [0.05, 0.1) is 11.9 Å². The van der Waals surface area contributed by atoms with Gasteiger partial charge < -0.3 is 9.47 Å². The van der Waals surface area contributed by atoms with Gasteiger partial charge in [-0.2, -0.15) is 5.10 Å². The lowest BCUT2D eigenvalue weighted by Crippen LogP contribution is -2.17. The van der Waals surface area contributed by atoms with Crippen LogP contribution >= 0.6 is 0 Å². The topological polar surface area (TPSA) is 72.8 Å². The smallest absolute Gasteiger partial charge is 0.271 e. The Morgan fingerprint density at radius 1 is 1.25 bits per heavy atom. The van der Waals surface area contributed by atoms with E-state index in [-0.39, 0.29) is 12.7 Å². The number of pyridine rings is 1. The van der Waals surface area contributed by atoms with Crippen molar-refractivity contribution in [1.82, 2.24) is 10.4 Å². The third-order valence-corrected chi connectivity index (χ3v) is 2.69. The van der Waals surface area contributed by atoms with E-state index < -0.39 is 0 Å². The first-order chi connectivity index (χ1) is 9.83. The zero-order valence-corrected chi connectivity index (χ0v) is 10.4. The van der Waals surface area contributed by atoms with Gasteiger partial charge in [-0.25, -0.2) is 5.43 Å². The summed E-state index contributed by atoms with van der Waals surface area (Å²) in [6.45, 7) is 0.179. The van der Waals surface area contributed by atoms with E-state index >= 15 is 0 Å². The molecule has 0 aliphatic carbocycles. The number of rotatable bonds is 3. The highest BCUT2D eigenvalue weighted by atomic mass is 16.7. The Bertz CT molecular complexity index is 656. The molecule has 0 radical (unpaired) electrons.